The van der Waals surface area contributed by atoms with Crippen LogP contribution in [0, 0.1) is 6.92 Å². The van der Waals surface area contributed by atoms with E-state index in [2.05, 4.69) is 31.9 Å². The smallest absolute Gasteiger partial charge is 0.336 e. The van der Waals surface area contributed by atoms with Crippen LogP contribution >= 0.6 is 43.5 Å². The van der Waals surface area contributed by atoms with Crippen LogP contribution in [0.3, 0.4) is 0 Å². The zero-order chi connectivity index (χ0) is 10.2. The van der Waals surface area contributed by atoms with Gasteiger partial charge in [-0.15, -0.1) is 0 Å². The molecule has 0 atom stereocenters. The van der Waals surface area contributed by atoms with Crippen molar-refractivity contribution in [3.05, 3.63) is 31.2 Å². The maximum Gasteiger partial charge on any atom is 0.336 e. The molecule has 0 saturated heterocycles. The fourth-order valence-electron chi connectivity index (χ4n) is 0.908. The van der Waals surface area contributed by atoms with Gasteiger partial charge in [0, 0.05) is 4.47 Å². The number of hydrogen-bond acceptors (Lipinski definition) is 1. The Bertz CT molecular complexity index is 377. The fraction of sp³-hybridized carbons (Fsp3) is 0.125. The third kappa shape index (κ3) is 2.06. The van der Waals surface area contributed by atoms with Gasteiger partial charge in [-0.25, -0.2) is 4.79 Å². The number of carboxylic acids is 1. The molecule has 0 aliphatic rings. The van der Waals surface area contributed by atoms with E-state index in [0.717, 1.165) is 0 Å². The number of halogens is 3. The summed E-state index contributed by atoms with van der Waals surface area (Å²) < 4.78 is 1.36. The van der Waals surface area contributed by atoms with Gasteiger partial charge in [0.2, 0.25) is 0 Å². The molecule has 0 heterocycles. The first-order chi connectivity index (χ1) is 5.95. The van der Waals surface area contributed by atoms with E-state index in [1.54, 1.807) is 6.92 Å². The summed E-state index contributed by atoms with van der Waals surface area (Å²) in [4.78, 5) is 10.7. The molecule has 2 nitrogen and oxygen atoms in total. The molecule has 0 aromatic heterocycles. The quantitative estimate of drug-likeness (QED) is 0.795. The van der Waals surface area contributed by atoms with Gasteiger partial charge < -0.3 is 5.11 Å². The fourth-order valence-corrected chi connectivity index (χ4v) is 2.06. The lowest BCUT2D eigenvalue weighted by Crippen LogP contribution is -2.00. The van der Waals surface area contributed by atoms with Crippen molar-refractivity contribution < 1.29 is 9.90 Å². The Morgan fingerprint density at radius 2 is 2.00 bits per heavy atom. The van der Waals surface area contributed by atoms with Crippen molar-refractivity contribution in [2.24, 2.45) is 0 Å². The van der Waals surface area contributed by atoms with Crippen LogP contribution in [-0.4, -0.2) is 11.1 Å². The topological polar surface area (TPSA) is 37.3 Å². The Labute approximate surface area is 97.2 Å². The van der Waals surface area contributed by atoms with E-state index in [9.17, 15) is 4.79 Å². The minimum absolute atomic E-state index is 0.208. The first-order valence-electron chi connectivity index (χ1n) is 3.32. The number of carbonyl (C=O) groups is 1. The van der Waals surface area contributed by atoms with E-state index in [-0.39, 0.29) is 5.56 Å². The lowest BCUT2D eigenvalue weighted by molar-refractivity contribution is 0.0696. The summed E-state index contributed by atoms with van der Waals surface area (Å²) in [5.74, 6) is -0.979. The largest absolute Gasteiger partial charge is 0.478 e. The normalized spacial score (nSPS) is 10.2. The number of benzene rings is 1. The molecule has 0 fully saturated rings. The van der Waals surface area contributed by atoms with Gasteiger partial charge >= 0.3 is 5.97 Å². The summed E-state index contributed by atoms with van der Waals surface area (Å²) in [6.07, 6.45) is 0. The van der Waals surface area contributed by atoms with Gasteiger partial charge in [-0.05, 0) is 50.4 Å². The van der Waals surface area contributed by atoms with Gasteiger partial charge in [0.05, 0.1) is 15.1 Å². The van der Waals surface area contributed by atoms with Crippen LogP contribution in [0.15, 0.2) is 15.0 Å². The van der Waals surface area contributed by atoms with Gasteiger partial charge in [0.15, 0.2) is 0 Å². The maximum absolute atomic E-state index is 10.7. The van der Waals surface area contributed by atoms with Crippen LogP contribution in [-0.2, 0) is 0 Å². The molecule has 70 valence electrons. The molecule has 0 bridgehead atoms. The number of rotatable bonds is 1. The number of aromatic carboxylic acids is 1. The monoisotopic (exact) mass is 326 g/mol. The van der Waals surface area contributed by atoms with Crippen LogP contribution in [0.4, 0.5) is 0 Å². The SMILES string of the molecule is Cc1c(C(=O)O)cc(Cl)c(Br)c1Br. The lowest BCUT2D eigenvalue weighted by atomic mass is 10.1. The number of carboxylic acid groups (broad SMARTS) is 1. The average molecular weight is 328 g/mol. The average Bonchev–Trinajstić information content (AvgIpc) is 2.07. The number of hydrogen-bond donors (Lipinski definition) is 1. The highest BCUT2D eigenvalue weighted by Crippen LogP contribution is 2.35. The molecule has 0 amide bonds. The third-order valence-electron chi connectivity index (χ3n) is 1.64. The van der Waals surface area contributed by atoms with E-state index in [1.807, 2.05) is 0 Å². The van der Waals surface area contributed by atoms with E-state index >= 15 is 0 Å². The van der Waals surface area contributed by atoms with Gasteiger partial charge in [-0.3, -0.25) is 0 Å². The van der Waals surface area contributed by atoms with Gasteiger partial charge in [-0.2, -0.15) is 0 Å². The molecule has 0 aliphatic heterocycles. The van der Waals surface area contributed by atoms with E-state index < -0.39 is 5.97 Å². The molecule has 1 N–H and O–H groups in total. The van der Waals surface area contributed by atoms with Crippen molar-refractivity contribution >= 4 is 49.4 Å². The van der Waals surface area contributed by atoms with Crippen molar-refractivity contribution in [1.29, 1.82) is 0 Å². The molecule has 13 heavy (non-hydrogen) atoms. The van der Waals surface area contributed by atoms with E-state index in [0.29, 0.717) is 19.5 Å². The van der Waals surface area contributed by atoms with Gasteiger partial charge in [0.25, 0.3) is 0 Å². The summed E-state index contributed by atoms with van der Waals surface area (Å²) in [5, 5.41) is 9.19. The van der Waals surface area contributed by atoms with Crippen molar-refractivity contribution in [2.75, 3.05) is 0 Å². The van der Waals surface area contributed by atoms with Gasteiger partial charge in [-0.1, -0.05) is 11.6 Å². The second-order valence-electron chi connectivity index (χ2n) is 2.46. The molecule has 0 saturated carbocycles. The minimum atomic E-state index is -0.979. The highest BCUT2D eigenvalue weighted by molar-refractivity contribution is 9.13. The van der Waals surface area contributed by atoms with Crippen LogP contribution in [0.1, 0.15) is 15.9 Å². The molecule has 5 heteroatoms. The van der Waals surface area contributed by atoms with E-state index in [4.69, 9.17) is 16.7 Å². The second-order valence-corrected chi connectivity index (χ2v) is 4.46. The Hall–Kier alpha value is -0.0600. The lowest BCUT2D eigenvalue weighted by Gasteiger charge is -2.07. The highest BCUT2D eigenvalue weighted by atomic mass is 79.9. The third-order valence-corrected chi connectivity index (χ3v) is 4.51. The van der Waals surface area contributed by atoms with Crippen LogP contribution in [0.5, 0.6) is 0 Å². The molecule has 1 rings (SSSR count). The molecular weight excluding hydrogens is 323 g/mol. The Balaban J connectivity index is 3.50. The van der Waals surface area contributed by atoms with Crippen LogP contribution < -0.4 is 0 Å². The first-order valence-corrected chi connectivity index (χ1v) is 5.29. The molecule has 0 spiro atoms. The summed E-state index contributed by atoms with van der Waals surface area (Å²) in [7, 11) is 0. The standard InChI is InChI=1S/C8H5Br2ClO2/c1-3-4(8(12)13)2-5(11)7(10)6(3)9/h2H,1H3,(H,12,13). The Morgan fingerprint density at radius 3 is 2.46 bits per heavy atom. The Morgan fingerprint density at radius 1 is 1.46 bits per heavy atom. The minimum Gasteiger partial charge on any atom is -0.478 e. The molecule has 1 aromatic carbocycles. The molecule has 0 unspecified atom stereocenters. The highest BCUT2D eigenvalue weighted by Gasteiger charge is 2.14. The Kier molecular flexibility index (Phi) is 3.38. The van der Waals surface area contributed by atoms with E-state index in [1.165, 1.54) is 6.07 Å². The van der Waals surface area contributed by atoms with Gasteiger partial charge in [0.1, 0.15) is 0 Å². The second kappa shape index (κ2) is 3.98. The molecule has 0 aliphatic carbocycles. The van der Waals surface area contributed by atoms with Crippen molar-refractivity contribution in [2.45, 2.75) is 6.92 Å². The van der Waals surface area contributed by atoms with Crippen LogP contribution in [0.25, 0.3) is 0 Å². The zero-order valence-corrected chi connectivity index (χ0v) is 10.5. The van der Waals surface area contributed by atoms with Crippen molar-refractivity contribution in [3.63, 3.8) is 0 Å². The maximum atomic E-state index is 10.7. The zero-order valence-electron chi connectivity index (χ0n) is 6.57. The molecule has 1 aromatic rings. The molecule has 0 radical (unpaired) electrons. The van der Waals surface area contributed by atoms with Crippen molar-refractivity contribution in [1.82, 2.24) is 0 Å². The predicted octanol–water partition coefficient (Wildman–Crippen LogP) is 3.87. The molecular formula is C8H5Br2ClO2. The summed E-state index contributed by atoms with van der Waals surface area (Å²) in [5.41, 5.74) is 0.865. The van der Waals surface area contributed by atoms with Crippen LogP contribution in [0.2, 0.25) is 5.02 Å². The summed E-state index contributed by atoms with van der Waals surface area (Å²) in [6.45, 7) is 1.72. The first kappa shape index (κ1) is 11.0. The predicted molar refractivity (Wildman–Crippen MR) is 58.5 cm³/mol. The van der Waals surface area contributed by atoms with Crippen molar-refractivity contribution in [3.8, 4) is 0 Å². The summed E-state index contributed by atoms with van der Waals surface area (Å²) in [6, 6.07) is 1.42. The summed E-state index contributed by atoms with van der Waals surface area (Å²) >= 11 is 12.3.